The fourth-order valence-electron chi connectivity index (χ4n) is 3.67. The molecule has 1 saturated heterocycles. The number of likely N-dealkylation sites (tertiary alicyclic amines) is 1. The predicted molar refractivity (Wildman–Crippen MR) is 100 cm³/mol. The van der Waals surface area contributed by atoms with Gasteiger partial charge in [0.2, 0.25) is 0 Å². The van der Waals surface area contributed by atoms with Crippen molar-refractivity contribution in [3.05, 3.63) is 58.0 Å². The smallest absolute Gasteiger partial charge is 0.271 e. The van der Waals surface area contributed by atoms with E-state index in [4.69, 9.17) is 0 Å². The zero-order valence-electron chi connectivity index (χ0n) is 15.4. The second kappa shape index (κ2) is 6.86. The van der Waals surface area contributed by atoms with E-state index in [0.29, 0.717) is 24.6 Å². The molecule has 3 aromatic rings. The maximum Gasteiger partial charge on any atom is 0.271 e. The van der Waals surface area contributed by atoms with Crippen molar-refractivity contribution in [2.45, 2.75) is 25.7 Å². The molecule has 0 radical (unpaired) electrons. The highest BCUT2D eigenvalue weighted by Gasteiger charge is 2.27. The van der Waals surface area contributed by atoms with E-state index < -0.39 is 0 Å². The third-order valence-corrected chi connectivity index (χ3v) is 5.02. The van der Waals surface area contributed by atoms with E-state index in [1.807, 2.05) is 34.8 Å². The van der Waals surface area contributed by atoms with E-state index in [0.717, 1.165) is 29.9 Å². The summed E-state index contributed by atoms with van der Waals surface area (Å²) in [4.78, 5) is 33.6. The minimum atomic E-state index is -0.151. The van der Waals surface area contributed by atoms with Gasteiger partial charge in [0.1, 0.15) is 17.2 Å². The summed E-state index contributed by atoms with van der Waals surface area (Å²) in [5.41, 5.74) is 2.77. The lowest BCUT2D eigenvalue weighted by Crippen LogP contribution is -2.39. The molecule has 3 aromatic heterocycles. The first kappa shape index (κ1) is 17.3. The Kier molecular flexibility index (Phi) is 4.39. The minimum Gasteiger partial charge on any atom is -0.349 e. The summed E-state index contributed by atoms with van der Waals surface area (Å²) in [7, 11) is 1.94. The van der Waals surface area contributed by atoms with Gasteiger partial charge in [-0.05, 0) is 38.0 Å². The molecule has 1 atom stereocenters. The number of nitrogens with zero attached hydrogens (tertiary/aromatic N) is 4. The number of piperidine rings is 1. The molecule has 0 saturated carbocycles. The van der Waals surface area contributed by atoms with E-state index in [9.17, 15) is 9.59 Å². The molecule has 1 amide bonds. The Morgan fingerprint density at radius 1 is 1.33 bits per heavy atom. The zero-order valence-corrected chi connectivity index (χ0v) is 15.4. The molecule has 8 nitrogen and oxygen atoms in total. The number of hydrogen-bond acceptors (Lipinski definition) is 4. The van der Waals surface area contributed by atoms with Gasteiger partial charge in [-0.1, -0.05) is 0 Å². The number of rotatable bonds is 3. The van der Waals surface area contributed by atoms with Gasteiger partial charge in [0.15, 0.2) is 0 Å². The summed E-state index contributed by atoms with van der Waals surface area (Å²) in [5, 5.41) is 7.15. The van der Waals surface area contributed by atoms with Crippen molar-refractivity contribution < 1.29 is 4.79 Å². The molecule has 27 heavy (non-hydrogen) atoms. The number of aromatic amines is 2. The molecule has 1 aliphatic rings. The molecule has 1 aliphatic heterocycles. The van der Waals surface area contributed by atoms with Crippen molar-refractivity contribution in [1.29, 1.82) is 0 Å². The van der Waals surface area contributed by atoms with Gasteiger partial charge in [-0.25, -0.2) is 4.98 Å². The van der Waals surface area contributed by atoms with Crippen molar-refractivity contribution in [2.75, 3.05) is 13.1 Å². The van der Waals surface area contributed by atoms with Gasteiger partial charge in [0.05, 0.1) is 11.4 Å². The Labute approximate surface area is 156 Å². The van der Waals surface area contributed by atoms with Crippen LogP contribution >= 0.6 is 0 Å². The summed E-state index contributed by atoms with van der Waals surface area (Å²) >= 11 is 0. The van der Waals surface area contributed by atoms with Gasteiger partial charge >= 0.3 is 0 Å². The highest BCUT2D eigenvalue weighted by atomic mass is 16.2. The topological polar surface area (TPSA) is 99.7 Å². The second-order valence-electron chi connectivity index (χ2n) is 7.02. The van der Waals surface area contributed by atoms with Gasteiger partial charge in [0.25, 0.3) is 11.5 Å². The van der Waals surface area contributed by atoms with Crippen molar-refractivity contribution in [1.82, 2.24) is 29.6 Å². The monoisotopic (exact) mass is 366 g/mol. The van der Waals surface area contributed by atoms with Gasteiger partial charge in [0, 0.05) is 38.3 Å². The van der Waals surface area contributed by atoms with Crippen molar-refractivity contribution in [3.8, 4) is 11.4 Å². The molecular formula is C19H22N6O2. The molecule has 8 heteroatoms. The normalized spacial score (nSPS) is 17.3. The van der Waals surface area contributed by atoms with Crippen molar-refractivity contribution in [2.24, 2.45) is 7.05 Å². The molecule has 140 valence electrons. The van der Waals surface area contributed by atoms with E-state index >= 15 is 0 Å². The molecule has 0 unspecified atom stereocenters. The van der Waals surface area contributed by atoms with Crippen LogP contribution in [0.2, 0.25) is 0 Å². The summed E-state index contributed by atoms with van der Waals surface area (Å²) in [5.74, 6) is 0.593. The van der Waals surface area contributed by atoms with Crippen molar-refractivity contribution in [3.63, 3.8) is 0 Å². The summed E-state index contributed by atoms with van der Waals surface area (Å²) in [6, 6.07) is 7.23. The van der Waals surface area contributed by atoms with E-state index in [2.05, 4.69) is 20.2 Å². The molecule has 4 rings (SSSR count). The van der Waals surface area contributed by atoms with Gasteiger partial charge in [-0.2, -0.15) is 5.10 Å². The second-order valence-corrected chi connectivity index (χ2v) is 7.02. The summed E-state index contributed by atoms with van der Waals surface area (Å²) in [6.45, 7) is 3.01. The molecule has 4 heterocycles. The number of carbonyl (C=O) groups excluding carboxylic acids is 1. The van der Waals surface area contributed by atoms with Crippen molar-refractivity contribution >= 4 is 5.91 Å². The Morgan fingerprint density at radius 2 is 2.19 bits per heavy atom. The van der Waals surface area contributed by atoms with Crippen LogP contribution in [0.5, 0.6) is 0 Å². The largest absolute Gasteiger partial charge is 0.349 e. The maximum atomic E-state index is 12.9. The van der Waals surface area contributed by atoms with Crippen LogP contribution < -0.4 is 5.56 Å². The maximum absolute atomic E-state index is 12.9. The number of H-pyrrole nitrogens is 2. The van der Waals surface area contributed by atoms with Gasteiger partial charge < -0.3 is 14.5 Å². The lowest BCUT2D eigenvalue weighted by molar-refractivity contribution is 0.0700. The molecule has 0 aliphatic carbocycles. The number of nitrogens with one attached hydrogen (secondary N) is 2. The molecule has 2 N–H and O–H groups in total. The Morgan fingerprint density at radius 3 is 2.93 bits per heavy atom. The number of aromatic nitrogens is 5. The van der Waals surface area contributed by atoms with Gasteiger partial charge in [-0.15, -0.1) is 0 Å². The first-order valence-corrected chi connectivity index (χ1v) is 9.05. The molecule has 1 fully saturated rings. The number of carbonyl (C=O) groups is 1. The first-order chi connectivity index (χ1) is 13.0. The quantitative estimate of drug-likeness (QED) is 0.738. The minimum absolute atomic E-state index is 0.0685. The van der Waals surface area contributed by atoms with Crippen LogP contribution in [0.15, 0.2) is 35.3 Å². The van der Waals surface area contributed by atoms with E-state index in [1.54, 1.807) is 13.0 Å². The van der Waals surface area contributed by atoms with Crippen LogP contribution in [0.1, 0.15) is 40.8 Å². The van der Waals surface area contributed by atoms with Crippen LogP contribution in [0, 0.1) is 6.92 Å². The molecular weight excluding hydrogens is 344 g/mol. The fraction of sp³-hybridized carbons (Fsp3) is 0.368. The Bertz CT molecular complexity index is 1030. The number of amides is 1. The van der Waals surface area contributed by atoms with Crippen LogP contribution in [0.4, 0.5) is 0 Å². The van der Waals surface area contributed by atoms with Crippen LogP contribution in [-0.4, -0.2) is 48.6 Å². The van der Waals surface area contributed by atoms with Crippen LogP contribution in [-0.2, 0) is 7.05 Å². The molecule has 0 bridgehead atoms. The summed E-state index contributed by atoms with van der Waals surface area (Å²) in [6.07, 6.45) is 3.73. The van der Waals surface area contributed by atoms with E-state index in [-0.39, 0.29) is 17.4 Å². The SMILES string of the molecule is Cc1nc([C@H]2CCCN(C(=O)c3cc(-c4cccn4C)n[nH]3)C2)cc(=O)[nH]1. The predicted octanol–water partition coefficient (Wildman–Crippen LogP) is 1.83. The number of aryl methyl sites for hydroxylation is 2. The first-order valence-electron chi connectivity index (χ1n) is 9.05. The zero-order chi connectivity index (χ0) is 19.0. The Balaban J connectivity index is 1.53. The fourth-order valence-corrected chi connectivity index (χ4v) is 3.67. The van der Waals surface area contributed by atoms with Gasteiger partial charge in [-0.3, -0.25) is 14.7 Å². The average molecular weight is 366 g/mol. The summed E-state index contributed by atoms with van der Waals surface area (Å²) < 4.78 is 1.96. The van der Waals surface area contributed by atoms with Crippen LogP contribution in [0.3, 0.4) is 0 Å². The highest BCUT2D eigenvalue weighted by molar-refractivity contribution is 5.93. The third kappa shape index (κ3) is 3.42. The lowest BCUT2D eigenvalue weighted by Gasteiger charge is -2.32. The average Bonchev–Trinajstić information content (AvgIpc) is 3.29. The Hall–Kier alpha value is -3.16. The third-order valence-electron chi connectivity index (χ3n) is 5.02. The molecule has 0 spiro atoms. The van der Waals surface area contributed by atoms with E-state index in [1.165, 1.54) is 6.07 Å². The van der Waals surface area contributed by atoms with Crippen LogP contribution in [0.25, 0.3) is 11.4 Å². The molecule has 0 aromatic carbocycles. The lowest BCUT2D eigenvalue weighted by atomic mass is 9.94. The standard InChI is InChI=1S/C19H22N6O2/c1-12-20-14(10-18(26)21-12)13-5-3-8-25(11-13)19(27)16-9-15(22-23-16)17-6-4-7-24(17)2/h4,6-7,9-10,13H,3,5,8,11H2,1-2H3,(H,22,23)(H,20,21,26)/t13-/m0/s1. The number of hydrogen-bond donors (Lipinski definition) is 2. The highest BCUT2D eigenvalue weighted by Crippen LogP contribution is 2.26.